The first-order chi connectivity index (χ1) is 9.39. The van der Waals surface area contributed by atoms with Crippen LogP contribution in [0.1, 0.15) is 0 Å². The van der Waals surface area contributed by atoms with Crippen LogP contribution in [0, 0.1) is 0 Å². The zero-order valence-electron chi connectivity index (χ0n) is 10.9. The molecule has 1 aromatic carbocycles. The Labute approximate surface area is 116 Å². The quantitative estimate of drug-likeness (QED) is 0.576. The third-order valence-corrected chi connectivity index (χ3v) is 3.89. The van der Waals surface area contributed by atoms with Crippen molar-refractivity contribution in [1.82, 2.24) is 9.80 Å². The Morgan fingerprint density at radius 3 is 2.40 bits per heavy atom. The highest BCUT2D eigenvalue weighted by Gasteiger charge is 2.34. The van der Waals surface area contributed by atoms with E-state index < -0.39 is 27.8 Å². The maximum absolute atomic E-state index is 11.8. The lowest BCUT2D eigenvalue weighted by Crippen LogP contribution is -2.36. The minimum atomic E-state index is -3.85. The van der Waals surface area contributed by atoms with Crippen molar-refractivity contribution in [2.75, 3.05) is 25.9 Å². The van der Waals surface area contributed by atoms with Crippen LogP contribution in [0.4, 0.5) is 4.79 Å². The Balaban J connectivity index is 1.96. The largest absolute Gasteiger partial charge is 0.382 e. The van der Waals surface area contributed by atoms with Crippen LogP contribution in [0.15, 0.2) is 30.3 Å². The summed E-state index contributed by atoms with van der Waals surface area (Å²) in [5.74, 6) is -0.649. The van der Waals surface area contributed by atoms with E-state index in [0.717, 1.165) is 4.90 Å². The van der Waals surface area contributed by atoms with E-state index in [9.17, 15) is 18.0 Å². The van der Waals surface area contributed by atoms with Crippen LogP contribution in [0.25, 0.3) is 0 Å². The second kappa shape index (κ2) is 5.49. The number of hydrogen-bond donors (Lipinski definition) is 0. The molecule has 1 saturated heterocycles. The summed E-state index contributed by atoms with van der Waals surface area (Å²) in [5, 5.41) is 0. The predicted octanol–water partition coefficient (Wildman–Crippen LogP) is 0.289. The molecule has 0 radical (unpaired) electrons. The molecule has 0 unspecified atom stereocenters. The van der Waals surface area contributed by atoms with Crippen molar-refractivity contribution in [1.29, 1.82) is 0 Å². The number of amides is 3. The van der Waals surface area contributed by atoms with Gasteiger partial charge in [0.1, 0.15) is 18.0 Å². The van der Waals surface area contributed by atoms with Gasteiger partial charge in [0.25, 0.3) is 0 Å². The molecule has 0 saturated carbocycles. The molecule has 1 heterocycles. The number of carbonyl (C=O) groups is 2. The molecule has 0 atom stereocenters. The molecule has 0 aromatic heterocycles. The third-order valence-electron chi connectivity index (χ3n) is 2.76. The highest BCUT2D eigenvalue weighted by atomic mass is 32.2. The molecular formula is C12H14N2O5S. The molecule has 7 nitrogen and oxygen atoms in total. The first-order valence-electron chi connectivity index (χ1n) is 5.92. The molecule has 108 valence electrons. The summed E-state index contributed by atoms with van der Waals surface area (Å²) in [7, 11) is -2.37. The first-order valence-corrected chi connectivity index (χ1v) is 7.49. The van der Waals surface area contributed by atoms with Crippen molar-refractivity contribution in [2.24, 2.45) is 0 Å². The first kappa shape index (κ1) is 14.3. The van der Waals surface area contributed by atoms with Crippen LogP contribution in [-0.4, -0.2) is 56.0 Å². The Kier molecular flexibility index (Phi) is 3.93. The Hall–Kier alpha value is -2.09. The maximum Gasteiger partial charge on any atom is 0.326 e. The Morgan fingerprint density at radius 1 is 1.20 bits per heavy atom. The molecule has 20 heavy (non-hydrogen) atoms. The van der Waals surface area contributed by atoms with Crippen molar-refractivity contribution in [2.45, 2.75) is 0 Å². The lowest BCUT2D eigenvalue weighted by atomic mass is 10.3. The highest BCUT2D eigenvalue weighted by molar-refractivity contribution is 7.87. The molecule has 0 spiro atoms. The average Bonchev–Trinajstić information content (AvgIpc) is 2.62. The fraction of sp³-hybridized carbons (Fsp3) is 0.333. The molecule has 1 aromatic rings. The number of likely N-dealkylation sites (N-methyl/N-ethyl adjacent to an activating group) is 1. The van der Waals surface area contributed by atoms with Crippen LogP contribution in [0.5, 0.6) is 5.75 Å². The summed E-state index contributed by atoms with van der Waals surface area (Å²) in [6.45, 7) is -0.240. The second-order valence-electron chi connectivity index (χ2n) is 4.34. The number of imide groups is 1. The topological polar surface area (TPSA) is 84.0 Å². The van der Waals surface area contributed by atoms with E-state index in [0.29, 0.717) is 0 Å². The van der Waals surface area contributed by atoms with E-state index in [1.54, 1.807) is 18.2 Å². The molecular weight excluding hydrogens is 284 g/mol. The van der Waals surface area contributed by atoms with Crippen molar-refractivity contribution in [3.8, 4) is 5.75 Å². The fourth-order valence-corrected chi connectivity index (χ4v) is 2.65. The van der Waals surface area contributed by atoms with Crippen LogP contribution in [0.3, 0.4) is 0 Å². The summed E-state index contributed by atoms with van der Waals surface area (Å²) in [6, 6.07) is 7.55. The second-order valence-corrected chi connectivity index (χ2v) is 6.03. The molecule has 1 aliphatic rings. The van der Waals surface area contributed by atoms with Crippen molar-refractivity contribution >= 4 is 22.1 Å². The van der Waals surface area contributed by atoms with E-state index in [4.69, 9.17) is 4.18 Å². The standard InChI is InChI=1S/C12H14N2O5S/c1-13-9-11(15)14(12(13)16)7-8-20(17,18)19-10-5-3-2-4-6-10/h2-6H,7-9H2,1H3. The van der Waals surface area contributed by atoms with E-state index in [1.165, 1.54) is 24.1 Å². The van der Waals surface area contributed by atoms with E-state index in [1.807, 2.05) is 0 Å². The van der Waals surface area contributed by atoms with Crippen molar-refractivity contribution in [3.63, 3.8) is 0 Å². The monoisotopic (exact) mass is 298 g/mol. The highest BCUT2D eigenvalue weighted by Crippen LogP contribution is 2.13. The number of rotatable bonds is 5. The van der Waals surface area contributed by atoms with Crippen LogP contribution >= 0.6 is 0 Å². The molecule has 0 N–H and O–H groups in total. The van der Waals surface area contributed by atoms with Gasteiger partial charge in [-0.1, -0.05) is 18.2 Å². The minimum absolute atomic E-state index is 0.0293. The predicted molar refractivity (Wildman–Crippen MR) is 70.6 cm³/mol. The normalized spacial score (nSPS) is 15.8. The fourth-order valence-electron chi connectivity index (χ4n) is 1.76. The van der Waals surface area contributed by atoms with Crippen molar-refractivity contribution < 1.29 is 22.2 Å². The minimum Gasteiger partial charge on any atom is -0.382 e. The van der Waals surface area contributed by atoms with E-state index in [2.05, 4.69) is 0 Å². The van der Waals surface area contributed by atoms with Gasteiger partial charge in [-0.25, -0.2) is 4.79 Å². The van der Waals surface area contributed by atoms with Gasteiger partial charge < -0.3 is 9.08 Å². The zero-order chi connectivity index (χ0) is 14.8. The SMILES string of the molecule is CN1CC(=O)N(CCS(=O)(=O)Oc2ccccc2)C1=O. The van der Waals surface area contributed by atoms with Crippen LogP contribution < -0.4 is 4.18 Å². The van der Waals surface area contributed by atoms with Gasteiger partial charge in [-0.15, -0.1) is 0 Å². The average molecular weight is 298 g/mol. The van der Waals surface area contributed by atoms with Gasteiger partial charge in [0.2, 0.25) is 5.91 Å². The summed E-state index contributed by atoms with van der Waals surface area (Å²) >= 11 is 0. The molecule has 3 amide bonds. The van der Waals surface area contributed by atoms with Gasteiger partial charge in [-0.2, -0.15) is 8.42 Å². The smallest absolute Gasteiger partial charge is 0.326 e. The number of urea groups is 1. The Morgan fingerprint density at radius 2 is 1.85 bits per heavy atom. The Bertz CT molecular complexity index is 614. The van der Waals surface area contributed by atoms with E-state index >= 15 is 0 Å². The lowest BCUT2D eigenvalue weighted by molar-refractivity contribution is -0.125. The van der Waals surface area contributed by atoms with E-state index in [-0.39, 0.29) is 18.8 Å². The lowest BCUT2D eigenvalue weighted by Gasteiger charge is -2.14. The molecule has 0 bridgehead atoms. The van der Waals surface area contributed by atoms with Gasteiger partial charge in [0, 0.05) is 13.6 Å². The summed E-state index contributed by atoms with van der Waals surface area (Å²) in [4.78, 5) is 25.2. The van der Waals surface area contributed by atoms with Crippen LogP contribution in [-0.2, 0) is 14.9 Å². The third kappa shape index (κ3) is 3.27. The summed E-state index contributed by atoms with van der Waals surface area (Å²) < 4.78 is 28.4. The van der Waals surface area contributed by atoms with Gasteiger partial charge in [0.05, 0.1) is 0 Å². The van der Waals surface area contributed by atoms with Gasteiger partial charge in [-0.3, -0.25) is 9.69 Å². The van der Waals surface area contributed by atoms with Crippen LogP contribution in [0.2, 0.25) is 0 Å². The molecule has 1 fully saturated rings. The number of nitrogens with zero attached hydrogens (tertiary/aromatic N) is 2. The zero-order valence-corrected chi connectivity index (χ0v) is 11.7. The molecule has 8 heteroatoms. The van der Waals surface area contributed by atoms with Gasteiger partial charge in [-0.05, 0) is 12.1 Å². The number of benzene rings is 1. The van der Waals surface area contributed by atoms with Gasteiger partial charge in [0.15, 0.2) is 0 Å². The number of hydrogen-bond acceptors (Lipinski definition) is 5. The number of carbonyl (C=O) groups excluding carboxylic acids is 2. The number of para-hydroxylation sites is 1. The van der Waals surface area contributed by atoms with Crippen molar-refractivity contribution in [3.05, 3.63) is 30.3 Å². The summed E-state index contributed by atoms with van der Waals surface area (Å²) in [5.41, 5.74) is 0. The summed E-state index contributed by atoms with van der Waals surface area (Å²) in [6.07, 6.45) is 0. The van der Waals surface area contributed by atoms with Gasteiger partial charge >= 0.3 is 16.1 Å². The maximum atomic E-state index is 11.8. The molecule has 2 rings (SSSR count). The molecule has 1 aliphatic heterocycles. The molecule has 0 aliphatic carbocycles.